The fraction of sp³-hybridized carbons (Fsp3) is 0.467. The average Bonchev–Trinajstić information content (AvgIpc) is 2.47. The predicted octanol–water partition coefficient (Wildman–Crippen LogP) is 3.86. The quantitative estimate of drug-likeness (QED) is 0.595. The molecule has 0 nitrogen and oxygen atoms in total. The first-order valence-electron chi connectivity index (χ1n) is 6.60. The van der Waals surface area contributed by atoms with Gasteiger partial charge in [0.25, 0.3) is 0 Å². The van der Waals surface area contributed by atoms with Crippen LogP contribution in [0.3, 0.4) is 0 Å². The van der Waals surface area contributed by atoms with Crippen LogP contribution in [0.5, 0.6) is 0 Å². The molecular weight excluding hydrogens is 299 g/mol. The van der Waals surface area contributed by atoms with Crippen molar-refractivity contribution < 1.29 is 0 Å². The van der Waals surface area contributed by atoms with Crippen LogP contribution in [-0.2, 0) is 0 Å². The van der Waals surface area contributed by atoms with Crippen molar-refractivity contribution in [1.82, 2.24) is 0 Å². The van der Waals surface area contributed by atoms with Crippen LogP contribution in [0, 0.1) is 5.92 Å². The van der Waals surface area contributed by atoms with Crippen molar-refractivity contribution in [3.8, 4) is 0 Å². The van der Waals surface area contributed by atoms with Gasteiger partial charge >= 0.3 is 106 Å². The van der Waals surface area contributed by atoms with Crippen molar-refractivity contribution in [2.75, 3.05) is 0 Å². The van der Waals surface area contributed by atoms with Gasteiger partial charge < -0.3 is 0 Å². The molecule has 0 aromatic carbocycles. The van der Waals surface area contributed by atoms with Gasteiger partial charge in [0.15, 0.2) is 0 Å². The van der Waals surface area contributed by atoms with Crippen molar-refractivity contribution in [2.24, 2.45) is 5.92 Å². The van der Waals surface area contributed by atoms with Crippen molar-refractivity contribution in [1.29, 1.82) is 0 Å². The molecular formula is C15H20Sn. The van der Waals surface area contributed by atoms with Crippen LogP contribution in [0.25, 0.3) is 0 Å². The van der Waals surface area contributed by atoms with E-state index in [1.807, 2.05) is 7.18 Å². The number of rotatable bonds is 0. The molecule has 2 unspecified atom stereocenters. The van der Waals surface area contributed by atoms with Gasteiger partial charge in [0.2, 0.25) is 0 Å². The number of hydrogen-bond donors (Lipinski definition) is 0. The first-order chi connectivity index (χ1) is 7.79. The summed E-state index contributed by atoms with van der Waals surface area (Å²) in [5, 5.41) is 0. The van der Waals surface area contributed by atoms with Gasteiger partial charge in [-0.05, 0) is 0 Å². The fourth-order valence-corrected chi connectivity index (χ4v) is 12.9. The van der Waals surface area contributed by atoms with Gasteiger partial charge in [0.1, 0.15) is 0 Å². The monoisotopic (exact) mass is 320 g/mol. The second kappa shape index (κ2) is 4.21. The van der Waals surface area contributed by atoms with Crippen LogP contribution in [0.2, 0.25) is 4.94 Å². The summed E-state index contributed by atoms with van der Waals surface area (Å²) in [5.41, 5.74) is 3.30. The van der Waals surface area contributed by atoms with Gasteiger partial charge in [0, 0.05) is 0 Å². The Hall–Kier alpha value is -0.241. The van der Waals surface area contributed by atoms with E-state index in [-0.39, 0.29) is 0 Å². The molecule has 3 aliphatic rings. The van der Waals surface area contributed by atoms with Gasteiger partial charge in [0.05, 0.1) is 0 Å². The second-order valence-electron chi connectivity index (χ2n) is 5.34. The zero-order valence-electron chi connectivity index (χ0n) is 10.3. The third-order valence-electron chi connectivity index (χ3n) is 4.27. The molecule has 0 spiro atoms. The summed E-state index contributed by atoms with van der Waals surface area (Å²) in [7, 11) is 0. The Kier molecular flexibility index (Phi) is 2.86. The molecule has 2 aliphatic carbocycles. The average molecular weight is 319 g/mol. The van der Waals surface area contributed by atoms with Crippen molar-refractivity contribution in [3.05, 3.63) is 42.6 Å². The SMILES string of the molecule is CC1CC=CC2=[C]1[SnH]([CH3])[C]1=CCCCC=C12. The zero-order valence-corrected chi connectivity index (χ0v) is 13.6. The van der Waals surface area contributed by atoms with E-state index in [0.717, 1.165) is 5.92 Å². The Morgan fingerprint density at radius 2 is 2.06 bits per heavy atom. The molecule has 1 heterocycles. The number of fused-ring (bicyclic) bond motifs is 2. The van der Waals surface area contributed by atoms with E-state index < -0.39 is 19.8 Å². The Morgan fingerprint density at radius 3 is 2.94 bits per heavy atom. The maximum atomic E-state index is 2.60. The molecule has 1 aliphatic heterocycles. The molecule has 0 saturated carbocycles. The molecule has 84 valence electrons. The molecule has 3 rings (SSSR count). The Balaban J connectivity index is 2.14. The van der Waals surface area contributed by atoms with Crippen LogP contribution in [0.1, 0.15) is 32.6 Å². The van der Waals surface area contributed by atoms with Gasteiger partial charge in [-0.3, -0.25) is 0 Å². The number of allylic oxidation sites excluding steroid dienone is 8. The molecule has 16 heavy (non-hydrogen) atoms. The minimum atomic E-state index is -1.54. The molecule has 0 amide bonds. The summed E-state index contributed by atoms with van der Waals surface area (Å²) < 4.78 is 3.73. The molecule has 0 bridgehead atoms. The van der Waals surface area contributed by atoms with E-state index in [1.165, 1.54) is 25.7 Å². The van der Waals surface area contributed by atoms with E-state index in [1.54, 1.807) is 11.1 Å². The van der Waals surface area contributed by atoms with Crippen molar-refractivity contribution in [3.63, 3.8) is 0 Å². The first kappa shape index (κ1) is 10.9. The molecule has 2 atom stereocenters. The Labute approximate surface area is 106 Å². The molecule has 1 heteroatoms. The summed E-state index contributed by atoms with van der Waals surface area (Å²) >= 11 is -1.54. The second-order valence-corrected chi connectivity index (χ2v) is 13.0. The zero-order chi connectivity index (χ0) is 11.1. The third-order valence-corrected chi connectivity index (χ3v) is 13.7. The predicted molar refractivity (Wildman–Crippen MR) is 73.0 cm³/mol. The first-order valence-corrected chi connectivity index (χ1v) is 13.2. The third kappa shape index (κ3) is 1.57. The van der Waals surface area contributed by atoms with E-state index in [2.05, 4.69) is 36.2 Å². The van der Waals surface area contributed by atoms with Crippen LogP contribution in [0.4, 0.5) is 0 Å². The summed E-state index contributed by atoms with van der Waals surface area (Å²) in [5.74, 6) is 0.833. The molecule has 0 aromatic heterocycles. The molecule has 0 aromatic rings. The van der Waals surface area contributed by atoms with E-state index >= 15 is 0 Å². The molecule has 0 radical (unpaired) electrons. The van der Waals surface area contributed by atoms with Gasteiger partial charge in [-0.1, -0.05) is 0 Å². The van der Waals surface area contributed by atoms with E-state index in [9.17, 15) is 0 Å². The van der Waals surface area contributed by atoms with E-state index in [0.29, 0.717) is 0 Å². The summed E-state index contributed by atoms with van der Waals surface area (Å²) in [6.07, 6.45) is 15.1. The van der Waals surface area contributed by atoms with Crippen molar-refractivity contribution >= 4 is 19.8 Å². The number of hydrogen-bond acceptors (Lipinski definition) is 0. The van der Waals surface area contributed by atoms with Crippen LogP contribution >= 0.6 is 0 Å². The van der Waals surface area contributed by atoms with Crippen LogP contribution in [-0.4, -0.2) is 19.8 Å². The fourth-order valence-electron chi connectivity index (χ4n) is 3.48. The Morgan fingerprint density at radius 1 is 1.25 bits per heavy atom. The maximum absolute atomic E-state index is 2.60. The molecule has 0 fully saturated rings. The van der Waals surface area contributed by atoms with Crippen LogP contribution < -0.4 is 0 Å². The normalized spacial score (nSPS) is 32.9. The topological polar surface area (TPSA) is 0 Å². The molecule has 0 N–H and O–H groups in total. The van der Waals surface area contributed by atoms with Crippen molar-refractivity contribution in [2.45, 2.75) is 37.5 Å². The van der Waals surface area contributed by atoms with Gasteiger partial charge in [-0.25, -0.2) is 0 Å². The summed E-state index contributed by atoms with van der Waals surface area (Å²) in [4.78, 5) is 2.60. The van der Waals surface area contributed by atoms with Gasteiger partial charge in [-0.15, -0.1) is 0 Å². The summed E-state index contributed by atoms with van der Waals surface area (Å²) in [6.45, 7) is 2.43. The molecule has 0 saturated heterocycles. The Bertz CT molecular complexity index is 434. The van der Waals surface area contributed by atoms with E-state index in [4.69, 9.17) is 0 Å². The van der Waals surface area contributed by atoms with Crippen LogP contribution in [0.15, 0.2) is 42.6 Å². The van der Waals surface area contributed by atoms with Gasteiger partial charge in [-0.2, -0.15) is 0 Å². The minimum absolute atomic E-state index is 0.833. The standard InChI is InChI=1S/C14H16.CH3.Sn.H/c1-12-7-6-10-14(11-12)13-8-4-2-3-5-9-13;;;/h4,6,9-10,12H,2-3,5,7H2,1H3;1H3;;. The summed E-state index contributed by atoms with van der Waals surface area (Å²) in [6, 6.07) is 0.